The average molecular weight is 284 g/mol. The Morgan fingerprint density at radius 1 is 0.952 bits per heavy atom. The maximum Gasteiger partial charge on any atom is 0.134 e. The Kier molecular flexibility index (Phi) is 4.52. The number of anilines is 1. The molecule has 5 nitrogen and oxygen atoms in total. The van der Waals surface area contributed by atoms with Gasteiger partial charge in [0.05, 0.1) is 26.7 Å². The average Bonchev–Trinajstić information content (AvgIpc) is 2.50. The third kappa shape index (κ3) is 3.57. The quantitative estimate of drug-likeness (QED) is 0.853. The Hall–Kier alpha value is -2.87. The van der Waals surface area contributed by atoms with Crippen LogP contribution in [0.5, 0.6) is 23.0 Å². The van der Waals surface area contributed by atoms with Crippen LogP contribution in [0.15, 0.2) is 36.4 Å². The van der Waals surface area contributed by atoms with E-state index in [1.165, 1.54) is 0 Å². The molecular formula is C16H16N2O3. The smallest absolute Gasteiger partial charge is 0.134 e. The number of hydrogen-bond acceptors (Lipinski definition) is 5. The molecule has 0 aliphatic rings. The molecule has 0 unspecified atom stereocenters. The summed E-state index contributed by atoms with van der Waals surface area (Å²) in [6.07, 6.45) is 0.241. The number of nitrogen functional groups attached to an aromatic ring is 1. The van der Waals surface area contributed by atoms with E-state index in [4.69, 9.17) is 25.2 Å². The van der Waals surface area contributed by atoms with E-state index < -0.39 is 0 Å². The minimum atomic E-state index is 0.241. The first kappa shape index (κ1) is 14.5. The standard InChI is InChI=1S/C16H16N2O3/c1-19-13-8-14(20-2)10-15(9-13)21-12-3-4-16(18)11(7-12)5-6-17/h3-4,7-10H,5,18H2,1-2H3. The van der Waals surface area contributed by atoms with Crippen molar-refractivity contribution in [3.63, 3.8) is 0 Å². The monoisotopic (exact) mass is 284 g/mol. The topological polar surface area (TPSA) is 77.5 Å². The molecular weight excluding hydrogens is 268 g/mol. The fourth-order valence-electron chi connectivity index (χ4n) is 1.86. The van der Waals surface area contributed by atoms with Crippen LogP contribution in [0.2, 0.25) is 0 Å². The molecule has 2 rings (SSSR count). The molecule has 0 saturated carbocycles. The molecule has 108 valence electrons. The van der Waals surface area contributed by atoms with Crippen molar-refractivity contribution in [1.82, 2.24) is 0 Å². The van der Waals surface area contributed by atoms with Gasteiger partial charge in [-0.2, -0.15) is 5.26 Å². The number of hydrogen-bond donors (Lipinski definition) is 1. The van der Waals surface area contributed by atoms with Crippen LogP contribution in [0.3, 0.4) is 0 Å². The van der Waals surface area contributed by atoms with Gasteiger partial charge in [0.15, 0.2) is 0 Å². The minimum absolute atomic E-state index is 0.241. The van der Waals surface area contributed by atoms with Gasteiger partial charge in [-0.05, 0) is 23.8 Å². The first-order valence-electron chi connectivity index (χ1n) is 6.32. The number of nitrogens with two attached hydrogens (primary N) is 1. The minimum Gasteiger partial charge on any atom is -0.496 e. The van der Waals surface area contributed by atoms with Crippen LogP contribution < -0.4 is 19.9 Å². The molecule has 0 heterocycles. The lowest BCUT2D eigenvalue weighted by molar-refractivity contribution is 0.386. The summed E-state index contributed by atoms with van der Waals surface area (Å²) in [6.45, 7) is 0. The van der Waals surface area contributed by atoms with Crippen molar-refractivity contribution in [1.29, 1.82) is 5.26 Å². The molecule has 0 aromatic heterocycles. The van der Waals surface area contributed by atoms with Crippen LogP contribution in [0.1, 0.15) is 5.56 Å². The van der Waals surface area contributed by atoms with Crippen LogP contribution in [-0.2, 0) is 6.42 Å². The largest absolute Gasteiger partial charge is 0.496 e. The number of nitriles is 1. The summed E-state index contributed by atoms with van der Waals surface area (Å²) >= 11 is 0. The molecule has 0 amide bonds. The zero-order valence-corrected chi connectivity index (χ0v) is 11.9. The Bertz CT molecular complexity index is 655. The summed E-state index contributed by atoms with van der Waals surface area (Å²) < 4.78 is 16.2. The van der Waals surface area contributed by atoms with E-state index in [0.717, 1.165) is 5.56 Å². The van der Waals surface area contributed by atoms with E-state index in [1.54, 1.807) is 50.6 Å². The zero-order valence-electron chi connectivity index (χ0n) is 11.9. The summed E-state index contributed by atoms with van der Waals surface area (Å²) in [5.41, 5.74) is 7.13. The molecule has 21 heavy (non-hydrogen) atoms. The summed E-state index contributed by atoms with van der Waals surface area (Å²) in [4.78, 5) is 0. The Balaban J connectivity index is 2.29. The lowest BCUT2D eigenvalue weighted by Gasteiger charge is -2.11. The highest BCUT2D eigenvalue weighted by atomic mass is 16.5. The van der Waals surface area contributed by atoms with E-state index in [1.807, 2.05) is 0 Å². The van der Waals surface area contributed by atoms with Gasteiger partial charge in [-0.25, -0.2) is 0 Å². The van der Waals surface area contributed by atoms with E-state index in [9.17, 15) is 0 Å². The van der Waals surface area contributed by atoms with Gasteiger partial charge in [-0.3, -0.25) is 0 Å². The highest BCUT2D eigenvalue weighted by molar-refractivity contribution is 5.52. The van der Waals surface area contributed by atoms with Gasteiger partial charge in [-0.1, -0.05) is 0 Å². The Labute approximate surface area is 123 Å². The van der Waals surface area contributed by atoms with E-state index in [-0.39, 0.29) is 6.42 Å². The van der Waals surface area contributed by atoms with Gasteiger partial charge in [0.2, 0.25) is 0 Å². The van der Waals surface area contributed by atoms with E-state index in [0.29, 0.717) is 28.7 Å². The van der Waals surface area contributed by atoms with Crippen molar-refractivity contribution in [3.05, 3.63) is 42.0 Å². The predicted molar refractivity (Wildman–Crippen MR) is 79.8 cm³/mol. The van der Waals surface area contributed by atoms with Crippen molar-refractivity contribution in [2.45, 2.75) is 6.42 Å². The molecule has 0 radical (unpaired) electrons. The number of nitrogens with zero attached hydrogens (tertiary/aromatic N) is 1. The molecule has 0 aliphatic carbocycles. The van der Waals surface area contributed by atoms with Crippen molar-refractivity contribution in [3.8, 4) is 29.1 Å². The highest BCUT2D eigenvalue weighted by Gasteiger charge is 2.06. The number of ether oxygens (including phenoxy) is 3. The summed E-state index contributed by atoms with van der Waals surface area (Å²) in [7, 11) is 3.15. The molecule has 0 spiro atoms. The van der Waals surface area contributed by atoms with Gasteiger partial charge in [0.25, 0.3) is 0 Å². The van der Waals surface area contributed by atoms with Crippen molar-refractivity contribution in [2.75, 3.05) is 20.0 Å². The van der Waals surface area contributed by atoms with Crippen LogP contribution in [-0.4, -0.2) is 14.2 Å². The molecule has 2 aromatic rings. The van der Waals surface area contributed by atoms with Crippen LogP contribution in [0, 0.1) is 11.3 Å². The maximum atomic E-state index is 8.78. The molecule has 2 aromatic carbocycles. The molecule has 0 aliphatic heterocycles. The molecule has 0 atom stereocenters. The van der Waals surface area contributed by atoms with Gasteiger partial charge in [-0.15, -0.1) is 0 Å². The molecule has 5 heteroatoms. The van der Waals surface area contributed by atoms with E-state index >= 15 is 0 Å². The fourth-order valence-corrected chi connectivity index (χ4v) is 1.86. The number of rotatable bonds is 5. The second-order valence-electron chi connectivity index (χ2n) is 4.35. The summed E-state index contributed by atoms with van der Waals surface area (Å²) in [5, 5.41) is 8.78. The number of benzene rings is 2. The lowest BCUT2D eigenvalue weighted by atomic mass is 10.1. The van der Waals surface area contributed by atoms with Gasteiger partial charge >= 0.3 is 0 Å². The molecule has 0 fully saturated rings. The van der Waals surface area contributed by atoms with Crippen LogP contribution >= 0.6 is 0 Å². The number of methoxy groups -OCH3 is 2. The Morgan fingerprint density at radius 3 is 2.14 bits per heavy atom. The second kappa shape index (κ2) is 6.53. The lowest BCUT2D eigenvalue weighted by Crippen LogP contribution is -1.95. The van der Waals surface area contributed by atoms with Crippen LogP contribution in [0.4, 0.5) is 5.69 Å². The first-order valence-corrected chi connectivity index (χ1v) is 6.32. The third-order valence-corrected chi connectivity index (χ3v) is 2.94. The Morgan fingerprint density at radius 2 is 1.57 bits per heavy atom. The molecule has 0 bridgehead atoms. The SMILES string of the molecule is COc1cc(OC)cc(Oc2ccc(N)c(CC#N)c2)c1. The zero-order chi connectivity index (χ0) is 15.2. The molecule has 0 saturated heterocycles. The fraction of sp³-hybridized carbons (Fsp3) is 0.188. The predicted octanol–water partition coefficient (Wildman–Crippen LogP) is 3.14. The molecule has 2 N–H and O–H groups in total. The highest BCUT2D eigenvalue weighted by Crippen LogP contribution is 2.31. The van der Waals surface area contributed by atoms with Crippen molar-refractivity contribution < 1.29 is 14.2 Å². The summed E-state index contributed by atoms with van der Waals surface area (Å²) in [6, 6.07) is 12.6. The van der Waals surface area contributed by atoms with E-state index in [2.05, 4.69) is 6.07 Å². The maximum absolute atomic E-state index is 8.78. The normalized spacial score (nSPS) is 9.76. The van der Waals surface area contributed by atoms with Gasteiger partial charge < -0.3 is 19.9 Å². The van der Waals surface area contributed by atoms with Crippen molar-refractivity contribution in [2.24, 2.45) is 0 Å². The summed E-state index contributed by atoms with van der Waals surface area (Å²) in [5.74, 6) is 2.46. The third-order valence-electron chi connectivity index (χ3n) is 2.94. The second-order valence-corrected chi connectivity index (χ2v) is 4.35. The van der Waals surface area contributed by atoms with Gasteiger partial charge in [0.1, 0.15) is 23.0 Å². The van der Waals surface area contributed by atoms with Crippen molar-refractivity contribution >= 4 is 5.69 Å². The van der Waals surface area contributed by atoms with Gasteiger partial charge in [0, 0.05) is 23.9 Å². The van der Waals surface area contributed by atoms with Crippen LogP contribution in [0.25, 0.3) is 0 Å². The first-order chi connectivity index (χ1) is 10.2.